The van der Waals surface area contributed by atoms with Gasteiger partial charge in [0.25, 0.3) is 0 Å². The molecule has 0 fully saturated rings. The largest absolute Gasteiger partial charge is 0.324 e. The first-order valence-corrected chi connectivity index (χ1v) is 4.37. The number of aromatic nitrogens is 2. The minimum absolute atomic E-state index is 0.320. The van der Waals surface area contributed by atoms with Gasteiger partial charge < -0.3 is 4.98 Å². The van der Waals surface area contributed by atoms with E-state index in [0.29, 0.717) is 15.2 Å². The van der Waals surface area contributed by atoms with Gasteiger partial charge in [-0.1, -0.05) is 23.8 Å². The van der Waals surface area contributed by atoms with Crippen LogP contribution in [0.2, 0.25) is 5.02 Å². The fourth-order valence-corrected chi connectivity index (χ4v) is 1.58. The van der Waals surface area contributed by atoms with Crippen molar-refractivity contribution in [1.29, 1.82) is 0 Å². The van der Waals surface area contributed by atoms with Gasteiger partial charge in [-0.05, 0) is 18.2 Å². The third-order valence-electron chi connectivity index (χ3n) is 1.70. The predicted molar refractivity (Wildman–Crippen MR) is 54.8 cm³/mol. The fraction of sp³-hybridized carbons (Fsp3) is 0. The first kappa shape index (κ1) is 8.47. The molecule has 0 spiro atoms. The minimum Gasteiger partial charge on any atom is -0.307 e. The van der Waals surface area contributed by atoms with Crippen LogP contribution in [0.3, 0.4) is 0 Å². The van der Waals surface area contributed by atoms with Gasteiger partial charge in [0, 0.05) is 10.4 Å². The van der Waals surface area contributed by atoms with Gasteiger partial charge in [-0.3, -0.25) is 4.98 Å². The second-order valence-electron chi connectivity index (χ2n) is 2.60. The summed E-state index contributed by atoms with van der Waals surface area (Å²) in [5.41, 5.74) is 0.334. The van der Waals surface area contributed by atoms with Gasteiger partial charge in [-0.15, -0.1) is 0 Å². The van der Waals surface area contributed by atoms with Gasteiger partial charge in [0.2, 0.25) is 0 Å². The monoisotopic (exact) mass is 212 g/mol. The molecule has 0 unspecified atom stereocenters. The van der Waals surface area contributed by atoms with Gasteiger partial charge in [0.1, 0.15) is 4.64 Å². The van der Waals surface area contributed by atoms with E-state index in [4.69, 9.17) is 23.8 Å². The van der Waals surface area contributed by atoms with Crippen LogP contribution in [-0.2, 0) is 0 Å². The number of aromatic amines is 2. The zero-order valence-electron chi connectivity index (χ0n) is 6.43. The molecular formula is C8H5ClN2OS. The second-order valence-corrected chi connectivity index (χ2v) is 3.44. The summed E-state index contributed by atoms with van der Waals surface area (Å²) in [6.07, 6.45) is 0. The normalized spacial score (nSPS) is 10.5. The lowest BCUT2D eigenvalue weighted by atomic mass is 10.2. The van der Waals surface area contributed by atoms with Gasteiger partial charge >= 0.3 is 5.69 Å². The highest BCUT2D eigenvalue weighted by atomic mass is 35.5. The maximum atomic E-state index is 11.0. The number of nitrogens with one attached hydrogen (secondary N) is 2. The zero-order valence-corrected chi connectivity index (χ0v) is 8.00. The summed E-state index contributed by atoms with van der Waals surface area (Å²) >= 11 is 10.7. The Labute approximate surface area is 83.4 Å². The van der Waals surface area contributed by atoms with Crippen molar-refractivity contribution in [3.63, 3.8) is 0 Å². The molecule has 5 heteroatoms. The van der Waals surface area contributed by atoms with E-state index < -0.39 is 0 Å². The molecule has 1 heterocycles. The van der Waals surface area contributed by atoms with E-state index in [1.54, 1.807) is 18.2 Å². The Balaban J connectivity index is 3.03. The molecule has 0 aliphatic carbocycles. The molecule has 0 saturated heterocycles. The predicted octanol–water partition coefficient (Wildman–Crippen LogP) is 2.24. The Bertz CT molecular complexity index is 572. The van der Waals surface area contributed by atoms with E-state index in [2.05, 4.69) is 9.97 Å². The van der Waals surface area contributed by atoms with Crippen molar-refractivity contribution < 1.29 is 0 Å². The molecule has 0 aliphatic heterocycles. The molecule has 0 bridgehead atoms. The molecule has 0 amide bonds. The minimum atomic E-state index is -0.320. The van der Waals surface area contributed by atoms with Crippen LogP contribution in [0.4, 0.5) is 0 Å². The third-order valence-corrected chi connectivity index (χ3v) is 2.26. The van der Waals surface area contributed by atoms with Crippen LogP contribution in [0.1, 0.15) is 0 Å². The van der Waals surface area contributed by atoms with Crippen LogP contribution < -0.4 is 5.69 Å². The topological polar surface area (TPSA) is 48.6 Å². The standard InChI is InChI=1S/C8H5ClN2OS/c9-4-1-2-5-6(3-4)10-8(12)11-7(5)13/h1-3H,(H2,10,11,12,13). The maximum Gasteiger partial charge on any atom is 0.324 e. The molecule has 13 heavy (non-hydrogen) atoms. The van der Waals surface area contributed by atoms with Crippen molar-refractivity contribution in [2.45, 2.75) is 0 Å². The quantitative estimate of drug-likeness (QED) is 0.658. The molecule has 2 aromatic rings. The molecule has 1 aromatic heterocycles. The Morgan fingerprint density at radius 3 is 2.85 bits per heavy atom. The molecule has 2 rings (SSSR count). The molecule has 0 radical (unpaired) electrons. The summed E-state index contributed by atoms with van der Waals surface area (Å²) < 4.78 is 0.426. The van der Waals surface area contributed by atoms with Gasteiger partial charge in [0.05, 0.1) is 5.52 Å². The SMILES string of the molecule is O=c1[nH]c(=S)c2ccc(Cl)cc2[nH]1. The summed E-state index contributed by atoms with van der Waals surface area (Å²) in [6, 6.07) is 5.17. The molecule has 0 atom stereocenters. The van der Waals surface area contributed by atoms with Crippen LogP contribution in [0, 0.1) is 4.64 Å². The van der Waals surface area contributed by atoms with Crippen molar-refractivity contribution >= 4 is 34.7 Å². The average molecular weight is 213 g/mol. The van der Waals surface area contributed by atoms with Gasteiger partial charge in [-0.2, -0.15) is 0 Å². The lowest BCUT2D eigenvalue weighted by Gasteiger charge is -1.97. The van der Waals surface area contributed by atoms with Crippen LogP contribution in [0.25, 0.3) is 10.9 Å². The maximum absolute atomic E-state index is 11.0. The summed E-state index contributed by atoms with van der Waals surface area (Å²) in [7, 11) is 0. The Hall–Kier alpha value is -1.13. The highest BCUT2D eigenvalue weighted by molar-refractivity contribution is 7.71. The molecule has 0 saturated carbocycles. The molecule has 0 aliphatic rings. The van der Waals surface area contributed by atoms with Crippen molar-refractivity contribution in [2.24, 2.45) is 0 Å². The van der Waals surface area contributed by atoms with Crippen molar-refractivity contribution in [2.75, 3.05) is 0 Å². The zero-order chi connectivity index (χ0) is 9.42. The fourth-order valence-electron chi connectivity index (χ4n) is 1.14. The number of fused-ring (bicyclic) bond motifs is 1. The van der Waals surface area contributed by atoms with Gasteiger partial charge in [0.15, 0.2) is 0 Å². The lowest BCUT2D eigenvalue weighted by Crippen LogP contribution is -2.09. The molecule has 3 nitrogen and oxygen atoms in total. The number of rotatable bonds is 0. The number of benzene rings is 1. The highest BCUT2D eigenvalue weighted by Crippen LogP contribution is 2.15. The number of halogens is 1. The van der Waals surface area contributed by atoms with E-state index in [9.17, 15) is 4.79 Å². The van der Waals surface area contributed by atoms with Crippen LogP contribution >= 0.6 is 23.8 Å². The number of H-pyrrole nitrogens is 2. The Kier molecular flexibility index (Phi) is 1.94. The first-order valence-electron chi connectivity index (χ1n) is 3.59. The third kappa shape index (κ3) is 1.50. The van der Waals surface area contributed by atoms with E-state index in [1.165, 1.54) is 0 Å². The first-order chi connectivity index (χ1) is 6.16. The molecular weight excluding hydrogens is 208 g/mol. The van der Waals surface area contributed by atoms with Crippen molar-refractivity contribution in [1.82, 2.24) is 9.97 Å². The molecule has 66 valence electrons. The molecule has 1 aromatic carbocycles. The summed E-state index contributed by atoms with van der Waals surface area (Å²) in [5.74, 6) is 0. The van der Waals surface area contributed by atoms with Crippen molar-refractivity contribution in [3.05, 3.63) is 38.3 Å². The lowest BCUT2D eigenvalue weighted by molar-refractivity contribution is 1.11. The molecule has 2 N–H and O–H groups in total. The summed E-state index contributed by atoms with van der Waals surface area (Å²) in [6.45, 7) is 0. The van der Waals surface area contributed by atoms with Gasteiger partial charge in [-0.25, -0.2) is 4.79 Å². The smallest absolute Gasteiger partial charge is 0.307 e. The average Bonchev–Trinajstić information content (AvgIpc) is 2.02. The van der Waals surface area contributed by atoms with Crippen molar-refractivity contribution in [3.8, 4) is 0 Å². The van der Waals surface area contributed by atoms with Crippen LogP contribution in [0.15, 0.2) is 23.0 Å². The van der Waals surface area contributed by atoms with E-state index in [0.717, 1.165) is 5.39 Å². The summed E-state index contributed by atoms with van der Waals surface area (Å²) in [4.78, 5) is 16.1. The second kappa shape index (κ2) is 2.97. The Morgan fingerprint density at radius 2 is 2.08 bits per heavy atom. The van der Waals surface area contributed by atoms with Crippen LogP contribution in [-0.4, -0.2) is 9.97 Å². The summed E-state index contributed by atoms with van der Waals surface area (Å²) in [5, 5.41) is 1.36. The van der Waals surface area contributed by atoms with E-state index in [-0.39, 0.29) is 5.69 Å². The Morgan fingerprint density at radius 1 is 1.31 bits per heavy atom. The number of hydrogen-bond acceptors (Lipinski definition) is 2. The van der Waals surface area contributed by atoms with E-state index in [1.807, 2.05) is 0 Å². The van der Waals surface area contributed by atoms with Crippen LogP contribution in [0.5, 0.6) is 0 Å². The van der Waals surface area contributed by atoms with E-state index >= 15 is 0 Å². The number of hydrogen-bond donors (Lipinski definition) is 2. The highest BCUT2D eigenvalue weighted by Gasteiger charge is 1.97.